The van der Waals surface area contributed by atoms with Crippen molar-refractivity contribution in [2.24, 2.45) is 5.92 Å². The van der Waals surface area contributed by atoms with Crippen molar-refractivity contribution in [1.82, 2.24) is 10.3 Å². The van der Waals surface area contributed by atoms with E-state index in [9.17, 15) is 14.7 Å². The van der Waals surface area contributed by atoms with Crippen LogP contribution in [-0.4, -0.2) is 35.1 Å². The lowest BCUT2D eigenvalue weighted by molar-refractivity contribution is -0.141. The van der Waals surface area contributed by atoms with Crippen LogP contribution in [-0.2, 0) is 16.0 Å². The third kappa shape index (κ3) is 4.24. The Hall–Kier alpha value is -2.67. The van der Waals surface area contributed by atoms with E-state index in [0.717, 1.165) is 18.4 Å². The number of hydrogen-bond donors (Lipinski definition) is 2. The average Bonchev–Trinajstić information content (AvgIpc) is 3.29. The molecule has 1 aromatic carbocycles. The molecule has 1 aromatic heterocycles. The van der Waals surface area contributed by atoms with Gasteiger partial charge in [0.2, 0.25) is 0 Å². The Balaban J connectivity index is 1.62. The predicted octanol–water partition coefficient (Wildman–Crippen LogP) is 2.20. The molecule has 132 valence electrons. The molecule has 2 N–H and O–H groups in total. The zero-order chi connectivity index (χ0) is 17.6. The molecule has 2 heterocycles. The molecule has 1 amide bonds. The van der Waals surface area contributed by atoms with Crippen LogP contribution in [0.15, 0.2) is 41.1 Å². The number of benzene rings is 1. The van der Waals surface area contributed by atoms with Gasteiger partial charge in [0.05, 0.1) is 5.92 Å². The summed E-state index contributed by atoms with van der Waals surface area (Å²) in [7, 11) is 0. The first-order chi connectivity index (χ1) is 12.1. The third-order valence-electron chi connectivity index (χ3n) is 4.22. The van der Waals surface area contributed by atoms with Crippen LogP contribution < -0.4 is 5.32 Å². The first-order valence-electron chi connectivity index (χ1n) is 8.25. The van der Waals surface area contributed by atoms with E-state index >= 15 is 0 Å². The number of amides is 1. The molecule has 0 unspecified atom stereocenters. The van der Waals surface area contributed by atoms with Gasteiger partial charge in [-0.1, -0.05) is 30.3 Å². The summed E-state index contributed by atoms with van der Waals surface area (Å²) >= 11 is 0. The second-order valence-electron chi connectivity index (χ2n) is 6.00. The molecule has 0 spiro atoms. The maximum absolute atomic E-state index is 12.4. The number of hydrogen-bond acceptors (Lipinski definition) is 5. The van der Waals surface area contributed by atoms with Gasteiger partial charge >= 0.3 is 5.97 Å². The molecule has 0 radical (unpaired) electrons. The summed E-state index contributed by atoms with van der Waals surface area (Å²) < 4.78 is 10.8. The van der Waals surface area contributed by atoms with Crippen LogP contribution >= 0.6 is 0 Å². The molecule has 7 nitrogen and oxygen atoms in total. The zero-order valence-corrected chi connectivity index (χ0v) is 13.7. The van der Waals surface area contributed by atoms with Crippen molar-refractivity contribution >= 4 is 11.9 Å². The first kappa shape index (κ1) is 17.2. The van der Waals surface area contributed by atoms with E-state index in [-0.39, 0.29) is 18.3 Å². The van der Waals surface area contributed by atoms with E-state index in [1.54, 1.807) is 0 Å². The van der Waals surface area contributed by atoms with E-state index < -0.39 is 17.8 Å². The minimum Gasteiger partial charge on any atom is -0.481 e. The second kappa shape index (κ2) is 7.94. The largest absolute Gasteiger partial charge is 0.481 e. The molecule has 1 aliphatic rings. The molecule has 0 aliphatic carbocycles. The van der Waals surface area contributed by atoms with Crippen LogP contribution in [0.25, 0.3) is 0 Å². The maximum Gasteiger partial charge on any atom is 0.308 e. The topological polar surface area (TPSA) is 102 Å². The number of ether oxygens (including phenoxy) is 1. The molecule has 0 bridgehead atoms. The minimum atomic E-state index is -0.955. The number of rotatable bonds is 7. The van der Waals surface area contributed by atoms with E-state index in [1.807, 2.05) is 30.3 Å². The van der Waals surface area contributed by atoms with Crippen LogP contribution in [0.1, 0.15) is 40.8 Å². The number of aromatic nitrogens is 1. The van der Waals surface area contributed by atoms with Crippen molar-refractivity contribution in [3.05, 3.63) is 53.7 Å². The standard InChI is InChI=1S/C18H20N2O5/c21-17(15-16(25-11-20-15)14-7-4-8-24-14)19-10-13(18(22)23)9-12-5-2-1-3-6-12/h1-3,5-6,11,13-14H,4,7-10H2,(H,19,21)(H,22,23)/t13-,14+/m0/s1. The predicted molar refractivity (Wildman–Crippen MR) is 88.0 cm³/mol. The Bertz CT molecular complexity index is 722. The van der Waals surface area contributed by atoms with Crippen LogP contribution in [0, 0.1) is 5.92 Å². The van der Waals surface area contributed by atoms with E-state index in [4.69, 9.17) is 9.15 Å². The number of carbonyl (C=O) groups is 2. The highest BCUT2D eigenvalue weighted by Crippen LogP contribution is 2.30. The fourth-order valence-corrected chi connectivity index (χ4v) is 2.88. The van der Waals surface area contributed by atoms with Crippen LogP contribution in [0.3, 0.4) is 0 Å². The second-order valence-corrected chi connectivity index (χ2v) is 6.00. The Morgan fingerprint density at radius 2 is 2.12 bits per heavy atom. The number of oxazole rings is 1. The van der Waals surface area contributed by atoms with E-state index in [1.165, 1.54) is 6.39 Å². The zero-order valence-electron chi connectivity index (χ0n) is 13.7. The number of carbonyl (C=O) groups excluding carboxylic acids is 1. The fourth-order valence-electron chi connectivity index (χ4n) is 2.88. The maximum atomic E-state index is 12.4. The van der Waals surface area contributed by atoms with Crippen molar-refractivity contribution in [2.45, 2.75) is 25.4 Å². The van der Waals surface area contributed by atoms with Gasteiger partial charge in [0.15, 0.2) is 17.8 Å². The van der Waals surface area contributed by atoms with Crippen LogP contribution in [0.2, 0.25) is 0 Å². The number of carboxylic acid groups (broad SMARTS) is 1. The van der Waals surface area contributed by atoms with Gasteiger partial charge in [0.25, 0.3) is 5.91 Å². The van der Waals surface area contributed by atoms with Crippen molar-refractivity contribution in [3.63, 3.8) is 0 Å². The third-order valence-corrected chi connectivity index (χ3v) is 4.22. The summed E-state index contributed by atoms with van der Waals surface area (Å²) in [6, 6.07) is 9.32. The summed E-state index contributed by atoms with van der Waals surface area (Å²) in [6.45, 7) is 0.644. The lowest BCUT2D eigenvalue weighted by atomic mass is 9.99. The summed E-state index contributed by atoms with van der Waals surface area (Å²) in [4.78, 5) is 27.8. The highest BCUT2D eigenvalue weighted by molar-refractivity contribution is 5.93. The van der Waals surface area contributed by atoms with Crippen LogP contribution in [0.5, 0.6) is 0 Å². The van der Waals surface area contributed by atoms with Gasteiger partial charge in [-0.15, -0.1) is 0 Å². The fraction of sp³-hybridized carbons (Fsp3) is 0.389. The molecule has 7 heteroatoms. The average molecular weight is 344 g/mol. The molecule has 1 fully saturated rings. The Morgan fingerprint density at radius 1 is 1.32 bits per heavy atom. The SMILES string of the molecule is O=C(NC[C@H](Cc1ccccc1)C(=O)O)c1ncoc1[C@H]1CCCO1. The molecule has 0 saturated carbocycles. The summed E-state index contributed by atoms with van der Waals surface area (Å²) in [6.07, 6.45) is 2.98. The molecule has 1 saturated heterocycles. The van der Waals surface area contributed by atoms with Gasteiger partial charge in [-0.2, -0.15) is 0 Å². The summed E-state index contributed by atoms with van der Waals surface area (Å²) in [5.74, 6) is -1.71. The quantitative estimate of drug-likeness (QED) is 0.798. The minimum absolute atomic E-state index is 0.0148. The van der Waals surface area contributed by atoms with E-state index in [2.05, 4.69) is 10.3 Å². The number of nitrogens with one attached hydrogen (secondary N) is 1. The molecule has 25 heavy (non-hydrogen) atoms. The van der Waals surface area contributed by atoms with Crippen molar-refractivity contribution < 1.29 is 23.8 Å². The van der Waals surface area contributed by atoms with Gasteiger partial charge in [0.1, 0.15) is 6.10 Å². The molecule has 2 aromatic rings. The summed E-state index contributed by atoms with van der Waals surface area (Å²) in [5, 5.41) is 12.1. The lowest BCUT2D eigenvalue weighted by Gasteiger charge is -2.14. The normalized spacial score (nSPS) is 18.0. The van der Waals surface area contributed by atoms with Gasteiger partial charge in [-0.3, -0.25) is 9.59 Å². The molecular formula is C18H20N2O5. The van der Waals surface area contributed by atoms with Gasteiger partial charge in [-0.05, 0) is 24.8 Å². The highest BCUT2D eigenvalue weighted by atomic mass is 16.5. The summed E-state index contributed by atoms with van der Waals surface area (Å²) in [5.41, 5.74) is 1.07. The molecule has 1 aliphatic heterocycles. The monoisotopic (exact) mass is 344 g/mol. The van der Waals surface area contributed by atoms with Crippen LogP contribution in [0.4, 0.5) is 0 Å². The van der Waals surface area contributed by atoms with E-state index in [0.29, 0.717) is 18.8 Å². The van der Waals surface area contributed by atoms with Crippen molar-refractivity contribution in [2.75, 3.05) is 13.2 Å². The molecule has 2 atom stereocenters. The Labute approximate surface area is 145 Å². The number of carboxylic acids is 1. The Kier molecular flexibility index (Phi) is 5.45. The van der Waals surface area contributed by atoms with Crippen molar-refractivity contribution in [3.8, 4) is 0 Å². The molecular weight excluding hydrogens is 324 g/mol. The lowest BCUT2D eigenvalue weighted by Crippen LogP contribution is -2.34. The number of aliphatic carboxylic acids is 1. The number of nitrogens with zero attached hydrogens (tertiary/aromatic N) is 1. The van der Waals surface area contributed by atoms with Crippen molar-refractivity contribution in [1.29, 1.82) is 0 Å². The van der Waals surface area contributed by atoms with Gasteiger partial charge in [0, 0.05) is 13.2 Å². The van der Waals surface area contributed by atoms with Gasteiger partial charge in [-0.25, -0.2) is 4.98 Å². The molecule has 3 rings (SSSR count). The van der Waals surface area contributed by atoms with Gasteiger partial charge < -0.3 is 19.6 Å². The first-order valence-corrected chi connectivity index (χ1v) is 8.25. The Morgan fingerprint density at radius 3 is 2.80 bits per heavy atom. The smallest absolute Gasteiger partial charge is 0.308 e. The highest BCUT2D eigenvalue weighted by Gasteiger charge is 2.28.